The van der Waals surface area contributed by atoms with Gasteiger partial charge in [-0.1, -0.05) is 30.3 Å². The van der Waals surface area contributed by atoms with E-state index in [0.29, 0.717) is 17.0 Å². The van der Waals surface area contributed by atoms with E-state index in [2.05, 4.69) is 16.0 Å². The molecule has 0 saturated carbocycles. The highest BCUT2D eigenvalue weighted by molar-refractivity contribution is 6.39. The summed E-state index contributed by atoms with van der Waals surface area (Å²) in [5, 5.41) is 17.1. The summed E-state index contributed by atoms with van der Waals surface area (Å²) in [5.41, 5.74) is 1.39. The number of esters is 1. The molecule has 0 aliphatic rings. The van der Waals surface area contributed by atoms with Crippen LogP contribution in [0.5, 0.6) is 0 Å². The van der Waals surface area contributed by atoms with Crippen LogP contribution >= 0.6 is 0 Å². The number of nitrogens with zero attached hydrogens (tertiary/aromatic N) is 1. The predicted octanol–water partition coefficient (Wildman–Crippen LogP) is 3.50. The number of furan rings is 1. The first-order valence-electron chi connectivity index (χ1n) is 11.7. The number of carbonyl (C=O) groups excluding carboxylic acids is 4. The number of ether oxygens (including phenoxy) is 1. The summed E-state index contributed by atoms with van der Waals surface area (Å²) in [5.74, 6) is -2.30. The molecule has 10 nitrogen and oxygen atoms in total. The van der Waals surface area contributed by atoms with Gasteiger partial charge in [-0.15, -0.1) is 0 Å². The lowest BCUT2D eigenvalue weighted by atomic mass is 10.1. The van der Waals surface area contributed by atoms with Crippen LogP contribution in [0.15, 0.2) is 76.7 Å². The van der Waals surface area contributed by atoms with E-state index >= 15 is 0 Å². The molecule has 194 valence electrons. The van der Waals surface area contributed by atoms with Crippen molar-refractivity contribution in [3.8, 4) is 6.07 Å². The molecule has 0 spiro atoms. The molecule has 0 aliphatic heterocycles. The van der Waals surface area contributed by atoms with Gasteiger partial charge in [0, 0.05) is 11.8 Å². The first-order chi connectivity index (χ1) is 18.3. The minimum Gasteiger partial charge on any atom is -0.462 e. The van der Waals surface area contributed by atoms with Crippen LogP contribution in [0.1, 0.15) is 47.3 Å². The summed E-state index contributed by atoms with van der Waals surface area (Å²) in [7, 11) is 0. The van der Waals surface area contributed by atoms with E-state index in [0.717, 1.165) is 5.56 Å². The molecule has 10 heteroatoms. The molecule has 0 bridgehead atoms. The number of hydrogen-bond acceptors (Lipinski definition) is 7. The molecule has 0 saturated heterocycles. The van der Waals surface area contributed by atoms with Gasteiger partial charge in [0.1, 0.15) is 23.2 Å². The van der Waals surface area contributed by atoms with Crippen molar-refractivity contribution >= 4 is 35.5 Å². The first-order valence-corrected chi connectivity index (χ1v) is 11.7. The molecule has 0 unspecified atom stereocenters. The molecule has 38 heavy (non-hydrogen) atoms. The fourth-order valence-electron chi connectivity index (χ4n) is 3.30. The number of nitrogens with one attached hydrogen (secondary N) is 3. The molecule has 0 aliphatic carbocycles. The van der Waals surface area contributed by atoms with Crippen molar-refractivity contribution in [2.45, 2.75) is 26.4 Å². The number of hydrogen-bond donors (Lipinski definition) is 3. The third kappa shape index (κ3) is 7.66. The van der Waals surface area contributed by atoms with Crippen LogP contribution in [0.2, 0.25) is 0 Å². The third-order valence-electron chi connectivity index (χ3n) is 5.26. The quantitative estimate of drug-likeness (QED) is 0.171. The molecule has 3 N–H and O–H groups in total. The number of benzene rings is 2. The van der Waals surface area contributed by atoms with Crippen LogP contribution < -0.4 is 16.0 Å². The summed E-state index contributed by atoms with van der Waals surface area (Å²) in [6.45, 7) is 3.65. The molecule has 0 radical (unpaired) electrons. The second kappa shape index (κ2) is 13.2. The highest BCUT2D eigenvalue weighted by Crippen LogP contribution is 2.15. The first kappa shape index (κ1) is 27.4. The Hall–Kier alpha value is -5.17. The molecular weight excluding hydrogens is 488 g/mol. The zero-order chi connectivity index (χ0) is 27.5. The van der Waals surface area contributed by atoms with Crippen molar-refractivity contribution in [3.05, 3.63) is 95.0 Å². The van der Waals surface area contributed by atoms with Crippen LogP contribution in [0.4, 0.5) is 5.69 Å². The minimum atomic E-state index is -0.906. The Kier molecular flexibility index (Phi) is 9.54. The van der Waals surface area contributed by atoms with Gasteiger partial charge in [-0.3, -0.25) is 14.4 Å². The summed E-state index contributed by atoms with van der Waals surface area (Å²) < 4.78 is 10.5. The van der Waals surface area contributed by atoms with Gasteiger partial charge in [-0.2, -0.15) is 5.26 Å². The fraction of sp³-hybridized carbons (Fsp3) is 0.179. The van der Waals surface area contributed by atoms with Gasteiger partial charge in [-0.25, -0.2) is 4.79 Å². The number of anilines is 1. The number of nitriles is 1. The fourth-order valence-corrected chi connectivity index (χ4v) is 3.30. The Morgan fingerprint density at radius 3 is 2.34 bits per heavy atom. The molecule has 2 aromatic carbocycles. The van der Waals surface area contributed by atoms with Gasteiger partial charge in [0.05, 0.1) is 24.8 Å². The Balaban J connectivity index is 1.52. The van der Waals surface area contributed by atoms with Crippen molar-refractivity contribution in [1.29, 1.82) is 5.26 Å². The van der Waals surface area contributed by atoms with Crippen LogP contribution in [-0.2, 0) is 25.7 Å². The zero-order valence-electron chi connectivity index (χ0n) is 20.8. The van der Waals surface area contributed by atoms with Crippen molar-refractivity contribution in [3.63, 3.8) is 0 Å². The van der Waals surface area contributed by atoms with Crippen LogP contribution in [-0.4, -0.2) is 30.3 Å². The van der Waals surface area contributed by atoms with E-state index in [-0.39, 0.29) is 30.5 Å². The van der Waals surface area contributed by atoms with Crippen molar-refractivity contribution in [1.82, 2.24) is 10.6 Å². The van der Waals surface area contributed by atoms with Gasteiger partial charge in [0.2, 0.25) is 0 Å². The van der Waals surface area contributed by atoms with Crippen molar-refractivity contribution in [2.24, 2.45) is 0 Å². The number of rotatable bonds is 9. The van der Waals surface area contributed by atoms with Crippen LogP contribution in [0.25, 0.3) is 6.08 Å². The summed E-state index contributed by atoms with van der Waals surface area (Å²) in [6, 6.07) is 19.9. The average Bonchev–Trinajstić information content (AvgIpc) is 3.38. The van der Waals surface area contributed by atoms with Crippen molar-refractivity contribution < 1.29 is 28.3 Å². The van der Waals surface area contributed by atoms with Gasteiger partial charge < -0.3 is 25.1 Å². The lowest BCUT2D eigenvalue weighted by molar-refractivity contribution is -0.136. The molecule has 3 rings (SSSR count). The maximum Gasteiger partial charge on any atom is 0.338 e. The predicted molar refractivity (Wildman–Crippen MR) is 138 cm³/mol. The Morgan fingerprint density at radius 2 is 1.68 bits per heavy atom. The number of carbonyl (C=O) groups is 4. The molecule has 1 heterocycles. The molecule has 0 fully saturated rings. The summed E-state index contributed by atoms with van der Waals surface area (Å²) in [4.78, 5) is 48.6. The largest absolute Gasteiger partial charge is 0.462 e. The highest BCUT2D eigenvalue weighted by Gasteiger charge is 2.16. The maximum atomic E-state index is 12.5. The summed E-state index contributed by atoms with van der Waals surface area (Å²) >= 11 is 0. The standard InChI is InChI=1S/C28H26N4O6/c1-3-37-28(36)20-9-11-22(12-10-20)32-27(35)26(34)30-17-24-14-13-23(38-24)15-21(16-29)25(33)31-18(2)19-7-5-4-6-8-19/h4-15,18H,3,17H2,1-2H3,(H,30,34)(H,31,33)(H,32,35)/b21-15-/t18-/m1/s1. The van der Waals surface area contributed by atoms with Crippen LogP contribution in [0, 0.1) is 11.3 Å². The van der Waals surface area contributed by atoms with Gasteiger partial charge >= 0.3 is 17.8 Å². The second-order valence-corrected chi connectivity index (χ2v) is 8.01. The van der Waals surface area contributed by atoms with E-state index in [1.165, 1.54) is 36.4 Å². The smallest absolute Gasteiger partial charge is 0.338 e. The molecule has 3 amide bonds. The second-order valence-electron chi connectivity index (χ2n) is 8.01. The van der Waals surface area contributed by atoms with E-state index in [4.69, 9.17) is 9.15 Å². The molecular formula is C28H26N4O6. The monoisotopic (exact) mass is 514 g/mol. The highest BCUT2D eigenvalue weighted by atomic mass is 16.5. The molecule has 1 atom stereocenters. The van der Waals surface area contributed by atoms with Gasteiger partial charge in [0.15, 0.2) is 0 Å². The lowest BCUT2D eigenvalue weighted by Gasteiger charge is -2.13. The normalized spacial score (nSPS) is 11.6. The minimum absolute atomic E-state index is 0.0962. The Bertz CT molecular complexity index is 1370. The number of amides is 3. The summed E-state index contributed by atoms with van der Waals surface area (Å²) in [6.07, 6.45) is 1.30. The maximum absolute atomic E-state index is 12.5. The Labute approximate surface area is 219 Å². The average molecular weight is 515 g/mol. The zero-order valence-corrected chi connectivity index (χ0v) is 20.8. The van der Waals surface area contributed by atoms with Gasteiger partial charge in [-0.05, 0) is 55.8 Å². The molecule has 1 aromatic heterocycles. The lowest BCUT2D eigenvalue weighted by Crippen LogP contribution is -2.34. The SMILES string of the molecule is CCOC(=O)c1ccc(NC(=O)C(=O)NCc2ccc(/C=C(/C#N)C(=O)N[C@H](C)c3ccccc3)o2)cc1. The van der Waals surface area contributed by atoms with Crippen molar-refractivity contribution in [2.75, 3.05) is 11.9 Å². The van der Waals surface area contributed by atoms with E-state index in [1.54, 1.807) is 13.0 Å². The van der Waals surface area contributed by atoms with E-state index in [9.17, 15) is 24.4 Å². The third-order valence-corrected chi connectivity index (χ3v) is 5.26. The van der Waals surface area contributed by atoms with Crippen LogP contribution in [0.3, 0.4) is 0 Å². The van der Waals surface area contributed by atoms with Gasteiger partial charge in [0.25, 0.3) is 5.91 Å². The van der Waals surface area contributed by atoms with E-state index < -0.39 is 23.7 Å². The Morgan fingerprint density at radius 1 is 0.974 bits per heavy atom. The molecule has 3 aromatic rings. The topological polar surface area (TPSA) is 151 Å². The van der Waals surface area contributed by atoms with E-state index in [1.807, 2.05) is 43.3 Å².